The first-order valence-electron chi connectivity index (χ1n) is 3.49. The number of hydrogen-bond donors (Lipinski definition) is 1. The van der Waals surface area contributed by atoms with Gasteiger partial charge in [-0.05, 0) is 25.7 Å². The summed E-state index contributed by atoms with van der Waals surface area (Å²) in [5.41, 5.74) is 2.37. The Bertz CT molecular complexity index is 231. The van der Waals surface area contributed by atoms with Crippen LogP contribution in [-0.4, -0.2) is 10.2 Å². The number of aryl methyl sites for hydroxylation is 1. The molecule has 2 rings (SSSR count). The largest absolute Gasteiger partial charge is 0.281 e. The van der Waals surface area contributed by atoms with Gasteiger partial charge in [0.15, 0.2) is 5.15 Å². The molecule has 2 nitrogen and oxygen atoms in total. The van der Waals surface area contributed by atoms with Gasteiger partial charge in [0, 0.05) is 11.3 Å². The van der Waals surface area contributed by atoms with Crippen molar-refractivity contribution in [3.8, 4) is 0 Å². The van der Waals surface area contributed by atoms with Gasteiger partial charge in [0.2, 0.25) is 0 Å². The predicted octanol–water partition coefficient (Wildman–Crippen LogP) is 2.25. The molecule has 1 N–H and O–H groups in total. The molecule has 0 unspecified atom stereocenters. The van der Waals surface area contributed by atoms with Crippen molar-refractivity contribution in [2.75, 3.05) is 0 Å². The van der Waals surface area contributed by atoms with Crippen molar-refractivity contribution < 1.29 is 0 Å². The van der Waals surface area contributed by atoms with Crippen molar-refractivity contribution >= 4 is 11.6 Å². The summed E-state index contributed by atoms with van der Waals surface area (Å²) >= 11 is 5.84. The number of nitrogens with zero attached hydrogens (tertiary/aromatic N) is 1. The summed E-state index contributed by atoms with van der Waals surface area (Å²) in [5.74, 6) is 0.700. The van der Waals surface area contributed by atoms with E-state index >= 15 is 0 Å². The van der Waals surface area contributed by atoms with Gasteiger partial charge in [-0.2, -0.15) is 5.10 Å². The first kappa shape index (κ1) is 6.23. The molecule has 1 heterocycles. The van der Waals surface area contributed by atoms with Gasteiger partial charge < -0.3 is 0 Å². The second kappa shape index (κ2) is 1.99. The fourth-order valence-corrected chi connectivity index (χ4v) is 1.59. The van der Waals surface area contributed by atoms with E-state index in [0.717, 1.165) is 5.69 Å². The Morgan fingerprint density at radius 2 is 2.30 bits per heavy atom. The van der Waals surface area contributed by atoms with Gasteiger partial charge in [-0.3, -0.25) is 5.10 Å². The number of aromatic amines is 1. The average molecular weight is 157 g/mol. The van der Waals surface area contributed by atoms with Crippen molar-refractivity contribution in [1.29, 1.82) is 0 Å². The lowest BCUT2D eigenvalue weighted by Gasteiger charge is -1.92. The Labute approximate surface area is 64.6 Å². The maximum absolute atomic E-state index is 5.84. The van der Waals surface area contributed by atoms with Gasteiger partial charge in [0.1, 0.15) is 0 Å². The molecular weight excluding hydrogens is 148 g/mol. The van der Waals surface area contributed by atoms with Crippen LogP contribution in [-0.2, 0) is 0 Å². The highest BCUT2D eigenvalue weighted by Crippen LogP contribution is 2.43. The average Bonchev–Trinajstić information content (AvgIpc) is 2.64. The van der Waals surface area contributed by atoms with Crippen LogP contribution in [0, 0.1) is 6.92 Å². The molecular formula is C7H9ClN2. The third-order valence-corrected chi connectivity index (χ3v) is 2.22. The van der Waals surface area contributed by atoms with Crippen LogP contribution < -0.4 is 0 Å². The van der Waals surface area contributed by atoms with Crippen molar-refractivity contribution in [3.63, 3.8) is 0 Å². The molecule has 3 heteroatoms. The zero-order chi connectivity index (χ0) is 7.14. The topological polar surface area (TPSA) is 28.7 Å². The van der Waals surface area contributed by atoms with E-state index in [1.165, 1.54) is 18.4 Å². The van der Waals surface area contributed by atoms with Crippen LogP contribution >= 0.6 is 11.6 Å². The molecule has 0 aromatic carbocycles. The maximum Gasteiger partial charge on any atom is 0.154 e. The standard InChI is InChI=1S/C7H9ClN2/c1-4-6(5-2-3-5)7(8)10-9-4/h5H,2-3H2,1H3,(H,9,10). The zero-order valence-corrected chi connectivity index (χ0v) is 6.57. The van der Waals surface area contributed by atoms with E-state index in [9.17, 15) is 0 Å². The zero-order valence-electron chi connectivity index (χ0n) is 5.82. The summed E-state index contributed by atoms with van der Waals surface area (Å²) in [7, 11) is 0. The van der Waals surface area contributed by atoms with Crippen molar-refractivity contribution in [3.05, 3.63) is 16.4 Å². The van der Waals surface area contributed by atoms with E-state index in [2.05, 4.69) is 10.2 Å². The monoisotopic (exact) mass is 156 g/mol. The summed E-state index contributed by atoms with van der Waals surface area (Å²) in [4.78, 5) is 0. The molecule has 0 aliphatic heterocycles. The van der Waals surface area contributed by atoms with Crippen LogP contribution in [0.1, 0.15) is 30.0 Å². The Morgan fingerprint density at radius 3 is 2.70 bits per heavy atom. The van der Waals surface area contributed by atoms with E-state index in [0.29, 0.717) is 11.1 Å². The van der Waals surface area contributed by atoms with Gasteiger partial charge in [0.05, 0.1) is 0 Å². The van der Waals surface area contributed by atoms with Crippen LogP contribution in [0.5, 0.6) is 0 Å². The maximum atomic E-state index is 5.84. The summed E-state index contributed by atoms with van der Waals surface area (Å²) in [5, 5.41) is 7.46. The molecule has 0 saturated heterocycles. The molecule has 1 fully saturated rings. The predicted molar refractivity (Wildman–Crippen MR) is 40.3 cm³/mol. The summed E-state index contributed by atoms with van der Waals surface area (Å²) in [6.07, 6.45) is 2.56. The van der Waals surface area contributed by atoms with E-state index < -0.39 is 0 Å². The number of halogens is 1. The molecule has 0 bridgehead atoms. The minimum atomic E-state index is 0.667. The van der Waals surface area contributed by atoms with E-state index in [1.807, 2.05) is 6.92 Å². The van der Waals surface area contributed by atoms with Crippen molar-refractivity contribution in [2.24, 2.45) is 0 Å². The summed E-state index contributed by atoms with van der Waals surface area (Å²) < 4.78 is 0. The van der Waals surface area contributed by atoms with Gasteiger partial charge in [-0.1, -0.05) is 11.6 Å². The number of rotatable bonds is 1. The molecule has 0 atom stereocenters. The fraction of sp³-hybridized carbons (Fsp3) is 0.571. The second-order valence-corrected chi connectivity index (χ2v) is 3.19. The van der Waals surface area contributed by atoms with Crippen LogP contribution in [0.2, 0.25) is 5.15 Å². The van der Waals surface area contributed by atoms with Gasteiger partial charge >= 0.3 is 0 Å². The molecule has 0 amide bonds. The highest BCUT2D eigenvalue weighted by atomic mass is 35.5. The van der Waals surface area contributed by atoms with Crippen LogP contribution in [0.4, 0.5) is 0 Å². The first-order valence-corrected chi connectivity index (χ1v) is 3.87. The van der Waals surface area contributed by atoms with Crippen molar-refractivity contribution in [2.45, 2.75) is 25.7 Å². The highest BCUT2D eigenvalue weighted by molar-refractivity contribution is 6.30. The minimum absolute atomic E-state index is 0.667. The molecule has 1 aromatic heterocycles. The van der Waals surface area contributed by atoms with E-state index in [-0.39, 0.29) is 0 Å². The van der Waals surface area contributed by atoms with Crippen LogP contribution in [0.3, 0.4) is 0 Å². The second-order valence-electron chi connectivity index (χ2n) is 2.83. The number of aromatic nitrogens is 2. The summed E-state index contributed by atoms with van der Waals surface area (Å²) in [6.45, 7) is 2.02. The molecule has 0 radical (unpaired) electrons. The Hall–Kier alpha value is -0.500. The quantitative estimate of drug-likeness (QED) is 0.664. The normalized spacial score (nSPS) is 17.8. The number of nitrogens with one attached hydrogen (secondary N) is 1. The third-order valence-electron chi connectivity index (χ3n) is 1.93. The Morgan fingerprint density at radius 1 is 1.60 bits per heavy atom. The molecule has 10 heavy (non-hydrogen) atoms. The van der Waals surface area contributed by atoms with Gasteiger partial charge in [-0.25, -0.2) is 0 Å². The minimum Gasteiger partial charge on any atom is -0.281 e. The van der Waals surface area contributed by atoms with Crippen LogP contribution in [0.15, 0.2) is 0 Å². The first-order chi connectivity index (χ1) is 4.79. The van der Waals surface area contributed by atoms with E-state index in [1.54, 1.807) is 0 Å². The molecule has 0 spiro atoms. The third kappa shape index (κ3) is 0.833. The lowest BCUT2D eigenvalue weighted by molar-refractivity contribution is 1.04. The van der Waals surface area contributed by atoms with Gasteiger partial charge in [-0.15, -0.1) is 0 Å². The van der Waals surface area contributed by atoms with Crippen LogP contribution in [0.25, 0.3) is 0 Å². The SMILES string of the molecule is Cc1[nH]nc(Cl)c1C1CC1. The van der Waals surface area contributed by atoms with Gasteiger partial charge in [0.25, 0.3) is 0 Å². The lowest BCUT2D eigenvalue weighted by Crippen LogP contribution is -1.79. The summed E-state index contributed by atoms with van der Waals surface area (Å²) in [6, 6.07) is 0. The Kier molecular flexibility index (Phi) is 1.24. The fourth-order valence-electron chi connectivity index (χ4n) is 1.25. The smallest absolute Gasteiger partial charge is 0.154 e. The Balaban J connectivity index is 2.44. The van der Waals surface area contributed by atoms with E-state index in [4.69, 9.17) is 11.6 Å². The molecule has 1 aromatic rings. The lowest BCUT2D eigenvalue weighted by atomic mass is 10.2. The molecule has 1 saturated carbocycles. The highest BCUT2D eigenvalue weighted by Gasteiger charge is 2.28. The molecule has 1 aliphatic carbocycles. The number of H-pyrrole nitrogens is 1. The number of hydrogen-bond acceptors (Lipinski definition) is 1. The molecule has 1 aliphatic rings. The molecule has 54 valence electrons. The van der Waals surface area contributed by atoms with Crippen molar-refractivity contribution in [1.82, 2.24) is 10.2 Å².